The van der Waals surface area contributed by atoms with Crippen LogP contribution in [0.2, 0.25) is 0 Å². The van der Waals surface area contributed by atoms with Crippen LogP contribution in [0.25, 0.3) is 75.1 Å². The molecule has 2 heteroatoms. The highest BCUT2D eigenvalue weighted by molar-refractivity contribution is 7.26. The molecule has 0 radical (unpaired) electrons. The van der Waals surface area contributed by atoms with Gasteiger partial charge in [-0.2, -0.15) is 0 Å². The zero-order valence-corrected chi connectivity index (χ0v) is 29.2. The monoisotopic (exact) mass is 679 g/mol. The predicted molar refractivity (Wildman–Crippen MR) is 225 cm³/mol. The first-order valence-electron chi connectivity index (χ1n) is 17.8. The lowest BCUT2D eigenvalue weighted by Gasteiger charge is -2.29. The van der Waals surface area contributed by atoms with Crippen LogP contribution in [0.15, 0.2) is 200 Å². The summed E-state index contributed by atoms with van der Waals surface area (Å²) in [7, 11) is 0. The van der Waals surface area contributed by atoms with Gasteiger partial charge >= 0.3 is 0 Å². The minimum atomic E-state index is 1.12. The standard InChI is InChI=1S/C50H33NS/c1-2-13-35(14-3-1)40-21-11-17-38-33-37(29-32-42(38)40)34-27-30-39(31-28-34)51(48-25-12-23-46-45-20-7-9-26-49(45)52-50(46)48)47-24-8-6-19-44(47)43-22-10-16-36-15-4-5-18-41(36)43/h1-33H. The van der Waals surface area contributed by atoms with Crippen molar-refractivity contribution >= 4 is 70.1 Å². The molecule has 1 heterocycles. The highest BCUT2D eigenvalue weighted by Crippen LogP contribution is 2.48. The van der Waals surface area contributed by atoms with E-state index < -0.39 is 0 Å². The van der Waals surface area contributed by atoms with Crippen LogP contribution in [0.3, 0.4) is 0 Å². The van der Waals surface area contributed by atoms with Gasteiger partial charge in [0.25, 0.3) is 0 Å². The summed E-state index contributed by atoms with van der Waals surface area (Å²) in [5.74, 6) is 0. The molecule has 0 bridgehead atoms. The van der Waals surface area contributed by atoms with Crippen LogP contribution in [-0.4, -0.2) is 0 Å². The highest BCUT2D eigenvalue weighted by Gasteiger charge is 2.21. The van der Waals surface area contributed by atoms with E-state index in [0.717, 1.165) is 11.4 Å². The second-order valence-electron chi connectivity index (χ2n) is 13.3. The Morgan fingerprint density at radius 1 is 0.327 bits per heavy atom. The van der Waals surface area contributed by atoms with Crippen LogP contribution >= 0.6 is 11.3 Å². The summed E-state index contributed by atoms with van der Waals surface area (Å²) < 4.78 is 2.58. The summed E-state index contributed by atoms with van der Waals surface area (Å²) in [6, 6.07) is 72.9. The molecule has 1 nitrogen and oxygen atoms in total. The largest absolute Gasteiger partial charge is 0.308 e. The number of benzene rings is 9. The second-order valence-corrected chi connectivity index (χ2v) is 14.3. The van der Waals surface area contributed by atoms with Crippen molar-refractivity contribution in [3.05, 3.63) is 200 Å². The summed E-state index contributed by atoms with van der Waals surface area (Å²) >= 11 is 1.87. The van der Waals surface area contributed by atoms with E-state index >= 15 is 0 Å². The van der Waals surface area contributed by atoms with E-state index in [4.69, 9.17) is 0 Å². The average Bonchev–Trinajstić information content (AvgIpc) is 3.61. The minimum Gasteiger partial charge on any atom is -0.308 e. The molecule has 0 aliphatic rings. The van der Waals surface area contributed by atoms with Crippen LogP contribution in [0, 0.1) is 0 Å². The normalized spacial score (nSPS) is 11.5. The molecule has 0 fully saturated rings. The Bertz CT molecular complexity index is 2900. The van der Waals surface area contributed by atoms with Gasteiger partial charge in [0, 0.05) is 26.7 Å². The van der Waals surface area contributed by atoms with E-state index in [1.807, 2.05) is 11.3 Å². The molecule has 0 unspecified atom stereocenters. The second kappa shape index (κ2) is 12.7. The number of thiophene rings is 1. The van der Waals surface area contributed by atoms with Crippen molar-refractivity contribution in [2.24, 2.45) is 0 Å². The van der Waals surface area contributed by atoms with Crippen LogP contribution in [0.4, 0.5) is 17.1 Å². The van der Waals surface area contributed by atoms with Crippen molar-refractivity contribution in [1.29, 1.82) is 0 Å². The molecule has 1 aromatic heterocycles. The number of hydrogen-bond acceptors (Lipinski definition) is 2. The number of fused-ring (bicyclic) bond motifs is 5. The zero-order valence-electron chi connectivity index (χ0n) is 28.4. The zero-order chi connectivity index (χ0) is 34.4. The first-order chi connectivity index (χ1) is 25.8. The van der Waals surface area contributed by atoms with Gasteiger partial charge in [-0.1, -0.05) is 164 Å². The fraction of sp³-hybridized carbons (Fsp3) is 0. The Morgan fingerprint density at radius 3 is 1.81 bits per heavy atom. The number of anilines is 3. The van der Waals surface area contributed by atoms with Crippen molar-refractivity contribution in [1.82, 2.24) is 0 Å². The fourth-order valence-electron chi connectivity index (χ4n) is 7.81. The van der Waals surface area contributed by atoms with E-state index in [0.29, 0.717) is 0 Å². The molecule has 9 aromatic carbocycles. The molecule has 0 aliphatic carbocycles. The van der Waals surface area contributed by atoms with E-state index in [-0.39, 0.29) is 0 Å². The maximum absolute atomic E-state index is 2.46. The van der Waals surface area contributed by atoms with Crippen molar-refractivity contribution < 1.29 is 0 Å². The topological polar surface area (TPSA) is 3.24 Å². The van der Waals surface area contributed by atoms with Crippen LogP contribution < -0.4 is 4.90 Å². The number of hydrogen-bond donors (Lipinski definition) is 0. The Kier molecular flexibility index (Phi) is 7.41. The maximum atomic E-state index is 2.46. The van der Waals surface area contributed by atoms with Gasteiger partial charge in [-0.3, -0.25) is 0 Å². The van der Waals surface area contributed by atoms with Gasteiger partial charge in [-0.25, -0.2) is 0 Å². The lowest BCUT2D eigenvalue weighted by molar-refractivity contribution is 1.30. The summed E-state index contributed by atoms with van der Waals surface area (Å²) in [4.78, 5) is 2.46. The molecule has 52 heavy (non-hydrogen) atoms. The Hall–Kier alpha value is -6.48. The van der Waals surface area contributed by atoms with Crippen LogP contribution in [0.5, 0.6) is 0 Å². The molecule has 0 spiro atoms. The molecule has 0 N–H and O–H groups in total. The summed E-state index contributed by atoms with van der Waals surface area (Å²) in [6.07, 6.45) is 0. The molecular formula is C50H33NS. The molecular weight excluding hydrogens is 647 g/mol. The molecule has 0 aliphatic heterocycles. The molecule has 0 amide bonds. The Morgan fingerprint density at radius 2 is 0.923 bits per heavy atom. The van der Waals surface area contributed by atoms with Crippen molar-refractivity contribution in [2.45, 2.75) is 0 Å². The van der Waals surface area contributed by atoms with Crippen LogP contribution in [0.1, 0.15) is 0 Å². The molecule has 0 atom stereocenters. The minimum absolute atomic E-state index is 1.12. The lowest BCUT2D eigenvalue weighted by Crippen LogP contribution is -2.11. The van der Waals surface area contributed by atoms with E-state index in [9.17, 15) is 0 Å². The first kappa shape index (κ1) is 30.4. The van der Waals surface area contributed by atoms with Gasteiger partial charge in [0.05, 0.1) is 16.1 Å². The summed E-state index contributed by atoms with van der Waals surface area (Å²) in [5, 5.41) is 7.58. The van der Waals surface area contributed by atoms with E-state index in [1.165, 1.54) is 80.8 Å². The molecule has 0 saturated carbocycles. The Labute approximate surface area is 307 Å². The van der Waals surface area contributed by atoms with Crippen molar-refractivity contribution in [3.8, 4) is 33.4 Å². The number of para-hydroxylation sites is 1. The van der Waals surface area contributed by atoms with Crippen LogP contribution in [-0.2, 0) is 0 Å². The number of nitrogens with zero attached hydrogens (tertiary/aromatic N) is 1. The third kappa shape index (κ3) is 5.16. The van der Waals surface area contributed by atoms with Gasteiger partial charge in [0.2, 0.25) is 0 Å². The number of rotatable bonds is 6. The van der Waals surface area contributed by atoms with Gasteiger partial charge in [0.15, 0.2) is 0 Å². The average molecular weight is 680 g/mol. The fourth-order valence-corrected chi connectivity index (χ4v) is 9.01. The SMILES string of the molecule is c1ccc(-c2cccc3cc(-c4ccc(N(c5ccccc5-c5cccc6ccccc56)c5cccc6c5sc5ccccc56)cc4)ccc23)cc1. The third-order valence-electron chi connectivity index (χ3n) is 10.3. The molecule has 10 aromatic rings. The molecule has 0 saturated heterocycles. The molecule has 244 valence electrons. The van der Waals surface area contributed by atoms with Gasteiger partial charge in [-0.05, 0) is 85.8 Å². The lowest BCUT2D eigenvalue weighted by atomic mass is 9.95. The predicted octanol–water partition coefficient (Wildman–Crippen LogP) is 14.8. The van der Waals surface area contributed by atoms with Crippen molar-refractivity contribution in [2.75, 3.05) is 4.90 Å². The third-order valence-corrected chi connectivity index (χ3v) is 11.5. The van der Waals surface area contributed by atoms with Crippen molar-refractivity contribution in [3.63, 3.8) is 0 Å². The maximum Gasteiger partial charge on any atom is 0.0640 e. The summed E-state index contributed by atoms with van der Waals surface area (Å²) in [5.41, 5.74) is 10.8. The van der Waals surface area contributed by atoms with E-state index in [1.54, 1.807) is 0 Å². The molecule has 10 rings (SSSR count). The van der Waals surface area contributed by atoms with Gasteiger partial charge in [0.1, 0.15) is 0 Å². The Balaban J connectivity index is 1.14. The summed E-state index contributed by atoms with van der Waals surface area (Å²) in [6.45, 7) is 0. The highest BCUT2D eigenvalue weighted by atomic mass is 32.1. The first-order valence-corrected chi connectivity index (χ1v) is 18.6. The quantitative estimate of drug-likeness (QED) is 0.169. The van der Waals surface area contributed by atoms with Gasteiger partial charge in [-0.15, -0.1) is 11.3 Å². The van der Waals surface area contributed by atoms with Gasteiger partial charge < -0.3 is 4.90 Å². The van der Waals surface area contributed by atoms with E-state index in [2.05, 4.69) is 205 Å². The smallest absolute Gasteiger partial charge is 0.0640 e.